The van der Waals surface area contributed by atoms with E-state index in [0.29, 0.717) is 0 Å². The minimum Gasteiger partial charge on any atom is -0.324 e. The minimum absolute atomic E-state index is 0.144. The van der Waals surface area contributed by atoms with E-state index in [1.165, 1.54) is 38.6 Å². The molecule has 2 heteroatoms. The van der Waals surface area contributed by atoms with Gasteiger partial charge in [0, 0.05) is 12.1 Å². The fourth-order valence-corrected chi connectivity index (χ4v) is 2.35. The van der Waals surface area contributed by atoms with Gasteiger partial charge in [0.25, 0.3) is 0 Å². The van der Waals surface area contributed by atoms with E-state index in [1.807, 2.05) is 0 Å². The molecule has 1 aliphatic carbocycles. The van der Waals surface area contributed by atoms with Crippen LogP contribution < -0.4 is 5.73 Å². The molecule has 0 amide bonds. The van der Waals surface area contributed by atoms with E-state index in [2.05, 4.69) is 18.7 Å². The summed E-state index contributed by atoms with van der Waals surface area (Å²) in [5.41, 5.74) is 6.47. The second-order valence-corrected chi connectivity index (χ2v) is 4.44. The standard InChI is InChI=1S/C11H24N2/c1-3-9-13(4-2)10-11(12)7-5-6-8-11/h3-10,12H2,1-2H3. The van der Waals surface area contributed by atoms with Crippen molar-refractivity contribution in [3.8, 4) is 0 Å². The predicted octanol–water partition coefficient (Wildman–Crippen LogP) is 1.99. The van der Waals surface area contributed by atoms with Crippen molar-refractivity contribution in [2.24, 2.45) is 5.73 Å². The number of nitrogens with two attached hydrogens (primary N) is 1. The van der Waals surface area contributed by atoms with Gasteiger partial charge < -0.3 is 10.6 Å². The van der Waals surface area contributed by atoms with Gasteiger partial charge in [-0.1, -0.05) is 26.7 Å². The second kappa shape index (κ2) is 4.97. The number of hydrogen-bond acceptors (Lipinski definition) is 2. The molecule has 0 aromatic carbocycles. The molecule has 0 spiro atoms. The molecule has 78 valence electrons. The Morgan fingerprint density at radius 1 is 1.23 bits per heavy atom. The molecule has 0 aliphatic heterocycles. The molecule has 0 radical (unpaired) electrons. The van der Waals surface area contributed by atoms with E-state index in [4.69, 9.17) is 5.73 Å². The summed E-state index contributed by atoms with van der Waals surface area (Å²) in [6.45, 7) is 7.92. The van der Waals surface area contributed by atoms with Gasteiger partial charge in [0.05, 0.1) is 0 Å². The largest absolute Gasteiger partial charge is 0.324 e. The molecule has 1 aliphatic rings. The molecule has 0 aromatic rings. The van der Waals surface area contributed by atoms with Crippen LogP contribution in [0.4, 0.5) is 0 Å². The van der Waals surface area contributed by atoms with Crippen LogP contribution in [0.2, 0.25) is 0 Å². The first-order chi connectivity index (χ1) is 6.20. The lowest BCUT2D eigenvalue weighted by atomic mass is 9.98. The molecule has 1 rings (SSSR count). The van der Waals surface area contributed by atoms with Gasteiger partial charge in [-0.05, 0) is 32.4 Å². The highest BCUT2D eigenvalue weighted by molar-refractivity contribution is 4.91. The van der Waals surface area contributed by atoms with Gasteiger partial charge in [-0.15, -0.1) is 0 Å². The van der Waals surface area contributed by atoms with Crippen LogP contribution >= 0.6 is 0 Å². The maximum atomic E-state index is 6.32. The van der Waals surface area contributed by atoms with Crippen LogP contribution in [-0.2, 0) is 0 Å². The minimum atomic E-state index is 0.144. The summed E-state index contributed by atoms with van der Waals surface area (Å²) in [4.78, 5) is 2.49. The quantitative estimate of drug-likeness (QED) is 0.708. The fraction of sp³-hybridized carbons (Fsp3) is 1.00. The zero-order valence-electron chi connectivity index (χ0n) is 9.18. The molecule has 0 unspecified atom stereocenters. The number of rotatable bonds is 5. The monoisotopic (exact) mass is 184 g/mol. The summed E-state index contributed by atoms with van der Waals surface area (Å²) >= 11 is 0. The van der Waals surface area contributed by atoms with Gasteiger partial charge in [0.2, 0.25) is 0 Å². The molecule has 2 nitrogen and oxygen atoms in total. The molecule has 0 saturated heterocycles. The van der Waals surface area contributed by atoms with E-state index < -0.39 is 0 Å². The molecule has 13 heavy (non-hydrogen) atoms. The first-order valence-corrected chi connectivity index (χ1v) is 5.71. The molecule has 2 N–H and O–H groups in total. The Bertz CT molecular complexity index is 139. The molecule has 1 fully saturated rings. The second-order valence-electron chi connectivity index (χ2n) is 4.44. The zero-order valence-corrected chi connectivity index (χ0v) is 9.18. The first-order valence-electron chi connectivity index (χ1n) is 5.71. The molecule has 0 heterocycles. The van der Waals surface area contributed by atoms with Gasteiger partial charge in [-0.2, -0.15) is 0 Å². The van der Waals surface area contributed by atoms with Crippen LogP contribution in [-0.4, -0.2) is 30.1 Å². The third kappa shape index (κ3) is 3.28. The van der Waals surface area contributed by atoms with Crippen LogP contribution in [0.25, 0.3) is 0 Å². The Morgan fingerprint density at radius 3 is 2.31 bits per heavy atom. The first kappa shape index (κ1) is 11.0. The summed E-state index contributed by atoms with van der Waals surface area (Å²) in [7, 11) is 0. The Labute approximate surface area is 82.5 Å². The zero-order chi connectivity index (χ0) is 9.73. The van der Waals surface area contributed by atoms with E-state index in [1.54, 1.807) is 0 Å². The highest BCUT2D eigenvalue weighted by Gasteiger charge is 2.30. The summed E-state index contributed by atoms with van der Waals surface area (Å²) < 4.78 is 0. The normalized spacial score (nSPS) is 21.2. The average Bonchev–Trinajstić information content (AvgIpc) is 2.51. The van der Waals surface area contributed by atoms with Crippen molar-refractivity contribution < 1.29 is 0 Å². The summed E-state index contributed by atoms with van der Waals surface area (Å²) in [5, 5.41) is 0. The Hall–Kier alpha value is -0.0800. The van der Waals surface area contributed by atoms with Crippen molar-refractivity contribution in [2.75, 3.05) is 19.6 Å². The van der Waals surface area contributed by atoms with Gasteiger partial charge in [0.15, 0.2) is 0 Å². The summed E-state index contributed by atoms with van der Waals surface area (Å²) in [6.07, 6.45) is 6.37. The van der Waals surface area contributed by atoms with Crippen molar-refractivity contribution in [2.45, 2.75) is 51.5 Å². The lowest BCUT2D eigenvalue weighted by molar-refractivity contribution is 0.218. The van der Waals surface area contributed by atoms with Crippen LogP contribution in [0.1, 0.15) is 46.0 Å². The maximum absolute atomic E-state index is 6.32. The molecular formula is C11H24N2. The highest BCUT2D eigenvalue weighted by atomic mass is 15.1. The van der Waals surface area contributed by atoms with Crippen molar-refractivity contribution in [1.29, 1.82) is 0 Å². The van der Waals surface area contributed by atoms with E-state index >= 15 is 0 Å². The predicted molar refractivity (Wildman–Crippen MR) is 57.8 cm³/mol. The van der Waals surface area contributed by atoms with Crippen molar-refractivity contribution in [1.82, 2.24) is 4.90 Å². The van der Waals surface area contributed by atoms with Crippen LogP contribution in [0, 0.1) is 0 Å². The van der Waals surface area contributed by atoms with Gasteiger partial charge >= 0.3 is 0 Å². The summed E-state index contributed by atoms with van der Waals surface area (Å²) in [5.74, 6) is 0. The molecular weight excluding hydrogens is 160 g/mol. The van der Waals surface area contributed by atoms with E-state index in [9.17, 15) is 0 Å². The van der Waals surface area contributed by atoms with E-state index in [0.717, 1.165) is 13.1 Å². The van der Waals surface area contributed by atoms with Gasteiger partial charge in [-0.3, -0.25) is 0 Å². The number of hydrogen-bond donors (Lipinski definition) is 1. The third-order valence-corrected chi connectivity index (χ3v) is 3.12. The van der Waals surface area contributed by atoms with E-state index in [-0.39, 0.29) is 5.54 Å². The molecule has 0 atom stereocenters. The van der Waals surface area contributed by atoms with Gasteiger partial charge in [-0.25, -0.2) is 0 Å². The average molecular weight is 184 g/mol. The number of likely N-dealkylation sites (N-methyl/N-ethyl adjacent to an activating group) is 1. The summed E-state index contributed by atoms with van der Waals surface area (Å²) in [6, 6.07) is 0. The molecule has 0 bridgehead atoms. The topological polar surface area (TPSA) is 29.3 Å². The molecule has 1 saturated carbocycles. The van der Waals surface area contributed by atoms with Crippen LogP contribution in [0.5, 0.6) is 0 Å². The van der Waals surface area contributed by atoms with Crippen LogP contribution in [0.3, 0.4) is 0 Å². The molecule has 0 aromatic heterocycles. The smallest absolute Gasteiger partial charge is 0.0283 e. The SMILES string of the molecule is CCCN(CC)CC1(N)CCCC1. The lowest BCUT2D eigenvalue weighted by Crippen LogP contribution is -2.48. The lowest BCUT2D eigenvalue weighted by Gasteiger charge is -2.31. The Kier molecular flexibility index (Phi) is 4.20. The van der Waals surface area contributed by atoms with Crippen molar-refractivity contribution in [3.63, 3.8) is 0 Å². The third-order valence-electron chi connectivity index (χ3n) is 3.12. The fourth-order valence-electron chi connectivity index (χ4n) is 2.35. The maximum Gasteiger partial charge on any atom is 0.0283 e. The Morgan fingerprint density at radius 2 is 1.85 bits per heavy atom. The van der Waals surface area contributed by atoms with Crippen molar-refractivity contribution >= 4 is 0 Å². The highest BCUT2D eigenvalue weighted by Crippen LogP contribution is 2.27. The Balaban J connectivity index is 2.35. The number of nitrogens with zero attached hydrogens (tertiary/aromatic N) is 1. The van der Waals surface area contributed by atoms with Gasteiger partial charge in [0.1, 0.15) is 0 Å². The van der Waals surface area contributed by atoms with Crippen LogP contribution in [0.15, 0.2) is 0 Å². The van der Waals surface area contributed by atoms with Crippen molar-refractivity contribution in [3.05, 3.63) is 0 Å².